The van der Waals surface area contributed by atoms with Crippen LogP contribution in [-0.2, 0) is 11.3 Å². The van der Waals surface area contributed by atoms with E-state index in [0.717, 1.165) is 5.56 Å². The highest BCUT2D eigenvalue weighted by atomic mass is 35.5. The van der Waals surface area contributed by atoms with Crippen LogP contribution in [0.25, 0.3) is 0 Å². The maximum Gasteiger partial charge on any atom is 0.337 e. The van der Waals surface area contributed by atoms with E-state index in [1.807, 2.05) is 30.3 Å². The fourth-order valence-electron chi connectivity index (χ4n) is 2.58. The number of halogens is 1. The van der Waals surface area contributed by atoms with Crippen LogP contribution >= 0.6 is 11.6 Å². The van der Waals surface area contributed by atoms with Gasteiger partial charge in [0.1, 0.15) is 12.4 Å². The maximum atomic E-state index is 12.8. The molecule has 0 aliphatic rings. The minimum atomic E-state index is -0.481. The molecule has 3 aromatic rings. The average Bonchev–Trinajstić information content (AvgIpc) is 2.73. The first kappa shape index (κ1) is 19.5. The van der Waals surface area contributed by atoms with Crippen molar-refractivity contribution in [2.45, 2.75) is 6.61 Å². The summed E-state index contributed by atoms with van der Waals surface area (Å²) in [5.41, 5.74) is 2.08. The average molecular weight is 396 g/mol. The van der Waals surface area contributed by atoms with E-state index in [0.29, 0.717) is 34.2 Å². The number of methoxy groups -OCH3 is 1. The van der Waals surface area contributed by atoms with Crippen LogP contribution in [0, 0.1) is 0 Å². The van der Waals surface area contributed by atoms with E-state index in [2.05, 4.69) is 5.32 Å². The lowest BCUT2D eigenvalue weighted by Gasteiger charge is -2.13. The van der Waals surface area contributed by atoms with Crippen LogP contribution in [0.15, 0.2) is 72.8 Å². The molecular weight excluding hydrogens is 378 g/mol. The number of rotatable bonds is 6. The number of esters is 1. The molecule has 0 aromatic heterocycles. The largest absolute Gasteiger partial charge is 0.488 e. The van der Waals surface area contributed by atoms with Crippen molar-refractivity contribution in [3.8, 4) is 5.75 Å². The fourth-order valence-corrected chi connectivity index (χ4v) is 2.75. The summed E-state index contributed by atoms with van der Waals surface area (Å²) >= 11 is 6.07. The van der Waals surface area contributed by atoms with Gasteiger partial charge in [-0.05, 0) is 42.0 Å². The first-order valence-electron chi connectivity index (χ1n) is 8.53. The summed E-state index contributed by atoms with van der Waals surface area (Å²) in [6.45, 7) is 0.320. The molecule has 6 heteroatoms. The molecule has 0 aliphatic heterocycles. The Hall–Kier alpha value is -3.31. The van der Waals surface area contributed by atoms with Gasteiger partial charge >= 0.3 is 5.97 Å². The Morgan fingerprint density at radius 2 is 1.75 bits per heavy atom. The molecule has 0 saturated carbocycles. The van der Waals surface area contributed by atoms with Gasteiger partial charge in [0.05, 0.1) is 18.2 Å². The smallest absolute Gasteiger partial charge is 0.337 e. The molecule has 1 amide bonds. The summed E-state index contributed by atoms with van der Waals surface area (Å²) in [4.78, 5) is 24.5. The molecule has 0 radical (unpaired) electrons. The van der Waals surface area contributed by atoms with Gasteiger partial charge in [-0.2, -0.15) is 0 Å². The molecule has 0 heterocycles. The van der Waals surface area contributed by atoms with E-state index in [-0.39, 0.29) is 0 Å². The van der Waals surface area contributed by atoms with E-state index in [1.54, 1.807) is 42.5 Å². The monoisotopic (exact) mass is 395 g/mol. The zero-order valence-electron chi connectivity index (χ0n) is 15.1. The van der Waals surface area contributed by atoms with Crippen molar-refractivity contribution in [3.05, 3.63) is 94.5 Å². The number of carbonyl (C=O) groups is 2. The molecule has 1 N–H and O–H groups in total. The van der Waals surface area contributed by atoms with Crippen LogP contribution in [0.1, 0.15) is 26.3 Å². The molecule has 0 unspecified atom stereocenters. The van der Waals surface area contributed by atoms with Gasteiger partial charge in [0.15, 0.2) is 0 Å². The van der Waals surface area contributed by atoms with Crippen molar-refractivity contribution in [3.63, 3.8) is 0 Å². The summed E-state index contributed by atoms with van der Waals surface area (Å²) in [6.07, 6.45) is 0. The van der Waals surface area contributed by atoms with Crippen LogP contribution in [0.4, 0.5) is 5.69 Å². The van der Waals surface area contributed by atoms with E-state index >= 15 is 0 Å². The molecule has 0 fully saturated rings. The van der Waals surface area contributed by atoms with Crippen LogP contribution < -0.4 is 10.1 Å². The zero-order valence-corrected chi connectivity index (χ0v) is 15.9. The molecule has 142 valence electrons. The highest BCUT2D eigenvalue weighted by molar-refractivity contribution is 6.31. The van der Waals surface area contributed by atoms with Crippen LogP contribution in [0.2, 0.25) is 5.02 Å². The molecule has 5 nitrogen and oxygen atoms in total. The van der Waals surface area contributed by atoms with Crippen LogP contribution in [-0.4, -0.2) is 19.0 Å². The number of hydrogen-bond donors (Lipinski definition) is 1. The Kier molecular flexibility index (Phi) is 6.29. The number of ether oxygens (including phenoxy) is 2. The second-order valence-corrected chi connectivity index (χ2v) is 6.38. The molecule has 3 rings (SSSR count). The quantitative estimate of drug-likeness (QED) is 0.599. The summed E-state index contributed by atoms with van der Waals surface area (Å²) in [7, 11) is 1.30. The second kappa shape index (κ2) is 9.06. The molecule has 0 spiro atoms. The van der Waals surface area contributed by atoms with Gasteiger partial charge in [0.25, 0.3) is 5.91 Å². The van der Waals surface area contributed by atoms with Crippen molar-refractivity contribution in [1.82, 2.24) is 0 Å². The normalized spacial score (nSPS) is 10.2. The van der Waals surface area contributed by atoms with Gasteiger partial charge in [0, 0.05) is 10.7 Å². The van der Waals surface area contributed by atoms with Gasteiger partial charge in [-0.25, -0.2) is 4.79 Å². The Morgan fingerprint density at radius 3 is 2.50 bits per heavy atom. The van der Waals surface area contributed by atoms with E-state index in [9.17, 15) is 9.59 Å². The van der Waals surface area contributed by atoms with Crippen molar-refractivity contribution in [1.29, 1.82) is 0 Å². The van der Waals surface area contributed by atoms with E-state index < -0.39 is 11.9 Å². The lowest BCUT2D eigenvalue weighted by Crippen LogP contribution is -2.14. The summed E-state index contributed by atoms with van der Waals surface area (Å²) in [5.74, 6) is -0.465. The van der Waals surface area contributed by atoms with Crippen molar-refractivity contribution in [2.75, 3.05) is 12.4 Å². The SMILES string of the molecule is COC(=O)c1cccc(NC(=O)c2cc(Cl)ccc2OCc2ccccc2)c1. The van der Waals surface area contributed by atoms with Gasteiger partial charge < -0.3 is 14.8 Å². The second-order valence-electron chi connectivity index (χ2n) is 5.94. The van der Waals surface area contributed by atoms with Crippen molar-refractivity contribution >= 4 is 29.2 Å². The number of benzene rings is 3. The first-order chi connectivity index (χ1) is 13.6. The molecule has 0 bridgehead atoms. The third kappa shape index (κ3) is 4.90. The Labute approximate surface area is 167 Å². The number of nitrogens with one attached hydrogen (secondary N) is 1. The lowest BCUT2D eigenvalue weighted by molar-refractivity contribution is 0.0600. The zero-order chi connectivity index (χ0) is 19.9. The number of amides is 1. The predicted octanol–water partition coefficient (Wildman–Crippen LogP) is 4.96. The Balaban J connectivity index is 1.79. The maximum absolute atomic E-state index is 12.8. The minimum Gasteiger partial charge on any atom is -0.488 e. The Bertz CT molecular complexity index is 989. The minimum absolute atomic E-state index is 0.298. The fraction of sp³-hybridized carbons (Fsp3) is 0.0909. The Morgan fingerprint density at radius 1 is 0.964 bits per heavy atom. The van der Waals surface area contributed by atoms with Gasteiger partial charge in [-0.1, -0.05) is 48.0 Å². The lowest BCUT2D eigenvalue weighted by atomic mass is 10.1. The van der Waals surface area contributed by atoms with Crippen molar-refractivity contribution in [2.24, 2.45) is 0 Å². The van der Waals surface area contributed by atoms with E-state index in [4.69, 9.17) is 21.1 Å². The van der Waals surface area contributed by atoms with Gasteiger partial charge in [-0.15, -0.1) is 0 Å². The third-order valence-corrected chi connectivity index (χ3v) is 4.20. The summed E-state index contributed by atoms with van der Waals surface area (Å²) in [5, 5.41) is 3.18. The van der Waals surface area contributed by atoms with Gasteiger partial charge in [0.2, 0.25) is 0 Å². The highest BCUT2D eigenvalue weighted by Crippen LogP contribution is 2.25. The van der Waals surface area contributed by atoms with Crippen molar-refractivity contribution < 1.29 is 19.1 Å². The highest BCUT2D eigenvalue weighted by Gasteiger charge is 2.15. The first-order valence-corrected chi connectivity index (χ1v) is 8.90. The molecule has 28 heavy (non-hydrogen) atoms. The number of carbonyl (C=O) groups excluding carboxylic acids is 2. The van der Waals surface area contributed by atoms with Crippen LogP contribution in [0.3, 0.4) is 0 Å². The topological polar surface area (TPSA) is 64.6 Å². The van der Waals surface area contributed by atoms with Crippen LogP contribution in [0.5, 0.6) is 5.75 Å². The number of anilines is 1. The molecule has 3 aromatic carbocycles. The number of hydrogen-bond acceptors (Lipinski definition) is 4. The molecular formula is C22H18ClNO4. The van der Waals surface area contributed by atoms with E-state index in [1.165, 1.54) is 7.11 Å². The molecule has 0 atom stereocenters. The standard InChI is InChI=1S/C22H18ClNO4/c1-27-22(26)16-8-5-9-18(12-16)24-21(25)19-13-17(23)10-11-20(19)28-14-15-6-3-2-4-7-15/h2-13H,14H2,1H3,(H,24,25). The predicted molar refractivity (Wildman–Crippen MR) is 108 cm³/mol. The molecule has 0 aliphatic carbocycles. The molecule has 0 saturated heterocycles. The summed E-state index contributed by atoms with van der Waals surface area (Å²) in [6, 6.07) is 21.0. The van der Waals surface area contributed by atoms with Gasteiger partial charge in [-0.3, -0.25) is 4.79 Å². The summed E-state index contributed by atoms with van der Waals surface area (Å²) < 4.78 is 10.5. The third-order valence-electron chi connectivity index (χ3n) is 3.96.